The van der Waals surface area contributed by atoms with E-state index in [1.807, 2.05) is 17.5 Å². The third-order valence-electron chi connectivity index (χ3n) is 3.54. The molecule has 4 nitrogen and oxygen atoms in total. The van der Waals surface area contributed by atoms with Gasteiger partial charge in [0.05, 0.1) is 11.1 Å². The maximum absolute atomic E-state index is 12.1. The number of nitrogens with one attached hydrogen (secondary N) is 2. The number of benzene rings is 1. The fourth-order valence-electron chi connectivity index (χ4n) is 2.44. The Bertz CT molecular complexity index is 879. The number of carbonyl (C=O) groups is 1. The van der Waals surface area contributed by atoms with Crippen molar-refractivity contribution >= 4 is 33.8 Å². The van der Waals surface area contributed by atoms with Crippen molar-refractivity contribution in [2.75, 3.05) is 5.32 Å². The predicted octanol–water partition coefficient (Wildman–Crippen LogP) is 3.97. The van der Waals surface area contributed by atoms with Crippen molar-refractivity contribution in [2.45, 2.75) is 19.8 Å². The Labute approximate surface area is 131 Å². The first-order valence-corrected chi connectivity index (χ1v) is 7.99. The first-order chi connectivity index (χ1) is 10.5. The highest BCUT2D eigenvalue weighted by Crippen LogP contribution is 2.25. The van der Waals surface area contributed by atoms with E-state index >= 15 is 0 Å². The van der Waals surface area contributed by atoms with Gasteiger partial charge in [-0.25, -0.2) is 0 Å². The number of amides is 1. The summed E-state index contributed by atoms with van der Waals surface area (Å²) < 4.78 is 0. The molecule has 2 N–H and O–H groups in total. The van der Waals surface area contributed by atoms with Gasteiger partial charge in [0, 0.05) is 22.5 Å². The zero-order valence-corrected chi connectivity index (χ0v) is 13.2. The molecule has 0 fully saturated rings. The van der Waals surface area contributed by atoms with Gasteiger partial charge >= 0.3 is 0 Å². The van der Waals surface area contributed by atoms with Crippen molar-refractivity contribution in [2.24, 2.45) is 0 Å². The Morgan fingerprint density at radius 1 is 1.23 bits per heavy atom. The minimum Gasteiger partial charge on any atom is -0.322 e. The summed E-state index contributed by atoms with van der Waals surface area (Å²) in [6.45, 7) is 4.11. The molecule has 0 radical (unpaired) electrons. The zero-order chi connectivity index (χ0) is 15.7. The van der Waals surface area contributed by atoms with Gasteiger partial charge in [-0.3, -0.25) is 9.59 Å². The Balaban J connectivity index is 2.00. The summed E-state index contributed by atoms with van der Waals surface area (Å²) in [6, 6.07) is 9.00. The fraction of sp³-hybridized carbons (Fsp3) is 0.176. The molecule has 1 amide bonds. The first kappa shape index (κ1) is 14.5. The molecule has 0 bridgehead atoms. The van der Waals surface area contributed by atoms with Crippen LogP contribution in [0.2, 0.25) is 0 Å². The van der Waals surface area contributed by atoms with Gasteiger partial charge in [-0.15, -0.1) is 0 Å². The van der Waals surface area contributed by atoms with Crippen LogP contribution in [0.5, 0.6) is 0 Å². The number of anilines is 1. The summed E-state index contributed by atoms with van der Waals surface area (Å²) in [5.74, 6) is 0.110. The summed E-state index contributed by atoms with van der Waals surface area (Å²) >= 11 is 1.48. The Kier molecular flexibility index (Phi) is 3.81. The van der Waals surface area contributed by atoms with Crippen LogP contribution >= 0.6 is 11.3 Å². The number of H-pyrrole nitrogens is 1. The standard InChI is InChI=1S/C17H16N2O2S/c1-10(2)14-8-16(20)19-15-7-12(3-4-13(14)15)18-17(21)11-5-6-22-9-11/h3-10H,1-2H3,(H,18,21)(H,19,20). The largest absolute Gasteiger partial charge is 0.322 e. The lowest BCUT2D eigenvalue weighted by atomic mass is 9.99. The topological polar surface area (TPSA) is 62.0 Å². The molecule has 112 valence electrons. The quantitative estimate of drug-likeness (QED) is 0.769. The highest BCUT2D eigenvalue weighted by atomic mass is 32.1. The smallest absolute Gasteiger partial charge is 0.256 e. The van der Waals surface area contributed by atoms with E-state index in [0.717, 1.165) is 16.5 Å². The van der Waals surface area contributed by atoms with Crippen LogP contribution in [0.15, 0.2) is 45.9 Å². The van der Waals surface area contributed by atoms with E-state index in [0.29, 0.717) is 11.3 Å². The maximum atomic E-state index is 12.1. The summed E-state index contributed by atoms with van der Waals surface area (Å²) in [7, 11) is 0. The Morgan fingerprint density at radius 2 is 2.05 bits per heavy atom. The van der Waals surface area contributed by atoms with Gasteiger partial charge in [-0.05, 0) is 35.1 Å². The van der Waals surface area contributed by atoms with E-state index < -0.39 is 0 Å². The molecule has 2 aromatic heterocycles. The SMILES string of the molecule is CC(C)c1cc(=O)[nH]c2cc(NC(=O)c3ccsc3)ccc12. The van der Waals surface area contributed by atoms with Crippen molar-refractivity contribution in [3.8, 4) is 0 Å². The van der Waals surface area contributed by atoms with Gasteiger partial charge in [0.25, 0.3) is 5.91 Å². The van der Waals surface area contributed by atoms with Crippen LogP contribution in [0.1, 0.15) is 35.7 Å². The van der Waals surface area contributed by atoms with Crippen LogP contribution in [0.4, 0.5) is 5.69 Å². The average Bonchev–Trinajstić information content (AvgIpc) is 3.00. The molecule has 0 aliphatic rings. The summed E-state index contributed by atoms with van der Waals surface area (Å²) in [4.78, 5) is 26.7. The number of aromatic amines is 1. The van der Waals surface area contributed by atoms with Gasteiger partial charge < -0.3 is 10.3 Å². The third kappa shape index (κ3) is 2.80. The summed E-state index contributed by atoms with van der Waals surface area (Å²) in [5, 5.41) is 7.52. The van der Waals surface area contributed by atoms with Crippen LogP contribution in [0.3, 0.4) is 0 Å². The molecular weight excluding hydrogens is 296 g/mol. The molecule has 0 atom stereocenters. The number of pyridine rings is 1. The second kappa shape index (κ2) is 5.77. The lowest BCUT2D eigenvalue weighted by Gasteiger charge is -2.11. The molecule has 1 aromatic carbocycles. The van der Waals surface area contributed by atoms with E-state index in [2.05, 4.69) is 24.1 Å². The average molecular weight is 312 g/mol. The van der Waals surface area contributed by atoms with Crippen LogP contribution in [-0.4, -0.2) is 10.9 Å². The van der Waals surface area contributed by atoms with E-state index in [1.54, 1.807) is 23.6 Å². The number of rotatable bonds is 3. The molecule has 3 rings (SSSR count). The number of thiophene rings is 1. The number of hydrogen-bond acceptors (Lipinski definition) is 3. The molecule has 0 saturated heterocycles. The number of carbonyl (C=O) groups excluding carboxylic acids is 1. The van der Waals surface area contributed by atoms with Crippen LogP contribution in [0, 0.1) is 0 Å². The molecule has 2 heterocycles. The van der Waals surface area contributed by atoms with Crippen molar-refractivity contribution in [3.05, 3.63) is 62.6 Å². The van der Waals surface area contributed by atoms with Crippen molar-refractivity contribution < 1.29 is 4.79 Å². The first-order valence-electron chi connectivity index (χ1n) is 7.05. The monoisotopic (exact) mass is 312 g/mol. The molecular formula is C17H16N2O2S. The number of hydrogen-bond donors (Lipinski definition) is 2. The molecule has 0 aliphatic heterocycles. The van der Waals surface area contributed by atoms with Crippen LogP contribution in [0.25, 0.3) is 10.9 Å². The molecule has 3 aromatic rings. The van der Waals surface area contributed by atoms with Gasteiger partial charge in [0.15, 0.2) is 0 Å². The van der Waals surface area contributed by atoms with Crippen LogP contribution < -0.4 is 10.9 Å². The highest BCUT2D eigenvalue weighted by Gasteiger charge is 2.10. The van der Waals surface area contributed by atoms with Crippen molar-refractivity contribution in [1.29, 1.82) is 0 Å². The van der Waals surface area contributed by atoms with E-state index in [-0.39, 0.29) is 17.4 Å². The van der Waals surface area contributed by atoms with E-state index in [4.69, 9.17) is 0 Å². The highest BCUT2D eigenvalue weighted by molar-refractivity contribution is 7.08. The second-order valence-electron chi connectivity index (χ2n) is 5.47. The number of aromatic nitrogens is 1. The van der Waals surface area contributed by atoms with Crippen molar-refractivity contribution in [3.63, 3.8) is 0 Å². The van der Waals surface area contributed by atoms with E-state index in [9.17, 15) is 9.59 Å². The minimum atomic E-state index is -0.150. The van der Waals surface area contributed by atoms with Gasteiger partial charge in [-0.2, -0.15) is 11.3 Å². The zero-order valence-electron chi connectivity index (χ0n) is 12.3. The third-order valence-corrected chi connectivity index (χ3v) is 4.22. The van der Waals surface area contributed by atoms with Crippen LogP contribution in [-0.2, 0) is 0 Å². The fourth-order valence-corrected chi connectivity index (χ4v) is 3.08. The molecule has 0 saturated carbocycles. The van der Waals surface area contributed by atoms with Crippen molar-refractivity contribution in [1.82, 2.24) is 4.98 Å². The maximum Gasteiger partial charge on any atom is 0.256 e. The second-order valence-corrected chi connectivity index (χ2v) is 6.25. The molecule has 0 unspecified atom stereocenters. The molecule has 0 aliphatic carbocycles. The summed E-state index contributed by atoms with van der Waals surface area (Å²) in [6.07, 6.45) is 0. The van der Waals surface area contributed by atoms with Gasteiger partial charge in [-0.1, -0.05) is 19.9 Å². The molecule has 0 spiro atoms. The Morgan fingerprint density at radius 3 is 2.73 bits per heavy atom. The lowest BCUT2D eigenvalue weighted by Crippen LogP contribution is -2.12. The normalized spacial score (nSPS) is 11.0. The predicted molar refractivity (Wildman–Crippen MR) is 90.9 cm³/mol. The molecule has 5 heteroatoms. The minimum absolute atomic E-state index is 0.127. The van der Waals surface area contributed by atoms with Gasteiger partial charge in [0.2, 0.25) is 5.56 Å². The van der Waals surface area contributed by atoms with E-state index in [1.165, 1.54) is 11.3 Å². The lowest BCUT2D eigenvalue weighted by molar-refractivity contribution is 0.102. The molecule has 22 heavy (non-hydrogen) atoms. The Hall–Kier alpha value is -2.40. The van der Waals surface area contributed by atoms with Gasteiger partial charge in [0.1, 0.15) is 0 Å². The number of fused-ring (bicyclic) bond motifs is 1. The summed E-state index contributed by atoms with van der Waals surface area (Å²) in [5.41, 5.74) is 2.92.